The number of carbonyl (C=O) groups excluding carboxylic acids is 1. The minimum atomic E-state index is -4.04. The van der Waals surface area contributed by atoms with Gasteiger partial charge in [0.25, 0.3) is 26.5 Å². The molecule has 26 heteroatoms. The van der Waals surface area contributed by atoms with E-state index in [-0.39, 0.29) is 145 Å². The standard InChI is InChI=1S/C22H20ClFN4O2S2.C15H16N4O2S2.C7H5Cl2F.CH2O3.CH4.2K.H/c23-21-7-4-8-22(24)20(21)16-28(13-14-31-18-5-2-1-3-6-18)15-17-9-11-19(12-10-17)32(29,30)27-26-25;16-18-19-23(20,21)15-8-6-13(7-9-15)12-17-10-11-22-14-4-2-1-3-5-14;8-4-5-6(9)2-1-3-7(5)10;2-1-4-3;;;;/h1-12H,13-16H2;1-9,17H,10-12H2;1-3H,4H2;1,3H;1H4;;;/q;;;;;2*+1;-1/p-1. The van der Waals surface area contributed by atoms with Crippen molar-refractivity contribution >= 4 is 84.8 Å². The van der Waals surface area contributed by atoms with Gasteiger partial charge in [-0.25, -0.2) is 25.6 Å². The summed E-state index contributed by atoms with van der Waals surface area (Å²) in [5.74, 6) is 1.13. The van der Waals surface area contributed by atoms with E-state index in [0.717, 1.165) is 34.1 Å². The van der Waals surface area contributed by atoms with Gasteiger partial charge in [0.05, 0.1) is 15.7 Å². The van der Waals surface area contributed by atoms with Crippen molar-refractivity contribution in [3.05, 3.63) is 210 Å². The number of sulfonamides is 2. The summed E-state index contributed by atoms with van der Waals surface area (Å²) in [6.07, 6.45) is 0. The van der Waals surface area contributed by atoms with Crippen LogP contribution in [0.1, 0.15) is 31.1 Å². The number of alkyl halides is 1. The van der Waals surface area contributed by atoms with Gasteiger partial charge in [-0.3, -0.25) is 9.69 Å². The Morgan fingerprint density at radius 1 is 0.667 bits per heavy atom. The largest absolute Gasteiger partial charge is 1.00 e. The van der Waals surface area contributed by atoms with Gasteiger partial charge in [0.2, 0.25) is 0 Å². The van der Waals surface area contributed by atoms with Crippen LogP contribution in [0.4, 0.5) is 8.78 Å². The number of carbonyl (C=O) groups is 1. The van der Waals surface area contributed by atoms with Gasteiger partial charge in [-0.2, -0.15) is 0 Å². The summed E-state index contributed by atoms with van der Waals surface area (Å²) < 4.78 is 79.5. The molecule has 6 aromatic rings. The SMILES string of the molecule is C.Fc1cccc(Cl)c1CCl.O=CO[O-].[H-].[K+].[K+].[N-]=[N+]=NS(=O)(=O)c1ccc(CN(CCSc2ccccc2)Cc2c(F)cccc2Cl)cc1.[N-]=[N+]=NS(=O)(=O)c1ccc(CNCCSc2ccccc2)cc1. The third kappa shape index (κ3) is 26.6. The van der Waals surface area contributed by atoms with E-state index >= 15 is 0 Å². The first-order chi connectivity index (χ1) is 33.2. The Morgan fingerprint density at radius 3 is 1.50 bits per heavy atom. The molecule has 0 aliphatic carbocycles. The molecule has 15 nitrogen and oxygen atoms in total. The molecule has 6 aromatic carbocycles. The summed E-state index contributed by atoms with van der Waals surface area (Å²) >= 11 is 20.7. The Hall–Kier alpha value is -2.11. The van der Waals surface area contributed by atoms with E-state index in [1.54, 1.807) is 72.1 Å². The van der Waals surface area contributed by atoms with E-state index in [2.05, 4.69) is 46.1 Å². The van der Waals surface area contributed by atoms with Crippen molar-refractivity contribution in [2.24, 2.45) is 9.04 Å². The molecule has 0 aromatic heterocycles. The molecule has 0 spiro atoms. The Balaban J connectivity index is 0. The van der Waals surface area contributed by atoms with E-state index in [0.29, 0.717) is 47.4 Å². The topological polar surface area (TPSA) is 230 Å². The third-order valence-corrected chi connectivity index (χ3v) is 14.1. The van der Waals surface area contributed by atoms with E-state index < -0.39 is 20.0 Å². The molecule has 0 unspecified atom stereocenters. The summed E-state index contributed by atoms with van der Waals surface area (Å²) in [5, 5.41) is 12.5. The smallest absolute Gasteiger partial charge is 1.00 e. The van der Waals surface area contributed by atoms with Gasteiger partial charge in [-0.15, -0.1) is 35.1 Å². The van der Waals surface area contributed by atoms with Gasteiger partial charge in [0, 0.05) is 94.1 Å². The van der Waals surface area contributed by atoms with Gasteiger partial charge in [0.15, 0.2) is 0 Å². The molecule has 0 amide bonds. The fourth-order valence-electron chi connectivity index (χ4n) is 5.58. The monoisotopic (exact) mass is 1170 g/mol. The van der Waals surface area contributed by atoms with Crippen LogP contribution in [0.15, 0.2) is 174 Å². The molecule has 1 N–H and O–H groups in total. The van der Waals surface area contributed by atoms with Crippen LogP contribution in [0.3, 0.4) is 0 Å². The second kappa shape index (κ2) is 39.3. The Labute approximate surface area is 528 Å². The summed E-state index contributed by atoms with van der Waals surface area (Å²) in [6, 6.07) is 41.7. The predicted molar refractivity (Wildman–Crippen MR) is 273 cm³/mol. The number of halogens is 5. The maximum absolute atomic E-state index is 14.4. The number of nitrogens with zero attached hydrogens (tertiary/aromatic N) is 7. The van der Waals surface area contributed by atoms with Gasteiger partial charge in [-0.1, -0.05) is 103 Å². The van der Waals surface area contributed by atoms with Crippen LogP contribution in [-0.4, -0.2) is 52.8 Å². The number of hydrogen-bond donors (Lipinski definition) is 1. The van der Waals surface area contributed by atoms with E-state index in [4.69, 9.17) is 55.9 Å². The van der Waals surface area contributed by atoms with E-state index in [9.17, 15) is 25.6 Å². The molecule has 0 saturated carbocycles. The molecule has 0 fully saturated rings. The first kappa shape index (κ1) is 69.9. The van der Waals surface area contributed by atoms with Crippen LogP contribution in [0, 0.1) is 11.6 Å². The average molecular weight is 1170 g/mol. The maximum atomic E-state index is 14.4. The van der Waals surface area contributed by atoms with Crippen molar-refractivity contribution in [2.45, 2.75) is 52.5 Å². The van der Waals surface area contributed by atoms with Gasteiger partial charge < -0.3 is 16.9 Å². The van der Waals surface area contributed by atoms with Crippen molar-refractivity contribution in [1.82, 2.24) is 10.2 Å². The van der Waals surface area contributed by atoms with Crippen molar-refractivity contribution in [2.75, 3.05) is 24.6 Å². The Morgan fingerprint density at radius 2 is 1.10 bits per heavy atom. The molecule has 0 atom stereocenters. The molecule has 0 aliphatic heterocycles. The van der Waals surface area contributed by atoms with Crippen LogP contribution in [0.25, 0.3) is 20.9 Å². The molecule has 72 heavy (non-hydrogen) atoms. The van der Waals surface area contributed by atoms with Crippen LogP contribution in [0.2, 0.25) is 10.0 Å². The number of nitrogens with one attached hydrogen (secondary N) is 1. The summed E-state index contributed by atoms with van der Waals surface area (Å²) in [6.45, 7) is 2.74. The zero-order chi connectivity index (χ0) is 50.5. The number of hydrogen-bond acceptors (Lipinski definition) is 11. The molecule has 0 aliphatic rings. The third-order valence-electron chi connectivity index (χ3n) is 8.85. The second-order valence-electron chi connectivity index (χ2n) is 13.5. The maximum Gasteiger partial charge on any atom is 1.00 e. The van der Waals surface area contributed by atoms with Gasteiger partial charge >= 0.3 is 103 Å². The minimum absolute atomic E-state index is 0. The van der Waals surface area contributed by atoms with Gasteiger partial charge in [-0.05, 0) is 95.0 Å². The van der Waals surface area contributed by atoms with Crippen LogP contribution >= 0.6 is 58.3 Å². The zero-order valence-electron chi connectivity index (χ0n) is 39.1. The molecule has 0 bridgehead atoms. The molecule has 0 heterocycles. The van der Waals surface area contributed by atoms with Crippen molar-refractivity contribution in [3.63, 3.8) is 0 Å². The zero-order valence-corrected chi connectivity index (χ0v) is 49.9. The van der Waals surface area contributed by atoms with E-state index in [1.165, 1.54) is 41.3 Å². The number of azide groups is 2. The molecule has 6 rings (SSSR count). The molecular formula is C46H47Cl3F2K2N8O7S4. The van der Waals surface area contributed by atoms with E-state index in [1.807, 2.05) is 48.5 Å². The fourth-order valence-corrected chi connectivity index (χ4v) is 9.48. The van der Waals surface area contributed by atoms with Gasteiger partial charge in [0.1, 0.15) is 11.6 Å². The predicted octanol–water partition coefficient (Wildman–Crippen LogP) is 6.25. The van der Waals surface area contributed by atoms with Crippen molar-refractivity contribution in [1.29, 1.82) is 0 Å². The Kier molecular flexibility index (Phi) is 38.1. The molecule has 0 saturated heterocycles. The normalized spacial score (nSPS) is 10.2. The van der Waals surface area contributed by atoms with Crippen molar-refractivity contribution in [3.8, 4) is 0 Å². The molecular weight excluding hydrogens is 1130 g/mol. The quantitative estimate of drug-likeness (QED) is 0.00858. The molecule has 374 valence electrons. The minimum Gasteiger partial charge on any atom is -1.00 e. The van der Waals surface area contributed by atoms with Crippen LogP contribution in [-0.2, 0) is 55.2 Å². The summed E-state index contributed by atoms with van der Waals surface area (Å²) in [4.78, 5) is 20.3. The van der Waals surface area contributed by atoms with Crippen LogP contribution in [0.5, 0.6) is 0 Å². The number of benzene rings is 6. The fraction of sp³-hybridized carbons (Fsp3) is 0.196. The van der Waals surface area contributed by atoms with Crippen molar-refractivity contribution < 1.29 is 145 Å². The first-order valence-electron chi connectivity index (χ1n) is 19.9. The first-order valence-corrected chi connectivity index (χ1v) is 26.1. The number of rotatable bonds is 20. The summed E-state index contributed by atoms with van der Waals surface area (Å²) in [7, 11) is -7.94. The number of thioether (sulfide) groups is 2. The Bertz CT molecular complexity index is 2820. The van der Waals surface area contributed by atoms with Crippen LogP contribution < -0.4 is 113 Å². The average Bonchev–Trinajstić information content (AvgIpc) is 3.34. The summed E-state index contributed by atoms with van der Waals surface area (Å²) in [5.41, 5.74) is 19.2. The molecule has 0 radical (unpaired) electrons. The second-order valence-corrected chi connectivity index (χ2v) is 20.1.